The zero-order valence-electron chi connectivity index (χ0n) is 17.1. The first-order chi connectivity index (χ1) is 12.4. The number of guanidine groups is 1. The molecule has 1 aliphatic heterocycles. The smallest absolute Gasteiger partial charge is 0.222 e. The van der Waals surface area contributed by atoms with Gasteiger partial charge in [0.2, 0.25) is 5.91 Å². The number of carbonyl (C=O) groups excluding carboxylic acids is 1. The number of carbonyl (C=O) groups is 1. The van der Waals surface area contributed by atoms with E-state index in [2.05, 4.69) is 61.7 Å². The lowest BCUT2D eigenvalue weighted by Gasteiger charge is -2.24. The third-order valence-electron chi connectivity index (χ3n) is 4.72. The second kappa shape index (κ2) is 11.5. The predicted molar refractivity (Wildman–Crippen MR) is 124 cm³/mol. The molecule has 1 unspecified atom stereocenters. The maximum Gasteiger partial charge on any atom is 0.222 e. The van der Waals surface area contributed by atoms with Crippen LogP contribution in [0.5, 0.6) is 0 Å². The van der Waals surface area contributed by atoms with Gasteiger partial charge in [-0.3, -0.25) is 9.79 Å². The Morgan fingerprint density at radius 2 is 1.96 bits per heavy atom. The molecule has 0 spiro atoms. The first-order valence-corrected chi connectivity index (χ1v) is 9.80. The van der Waals surface area contributed by atoms with Crippen LogP contribution in [-0.4, -0.2) is 49.0 Å². The molecule has 152 valence electrons. The number of nitrogens with one attached hydrogen (secondary N) is 2. The van der Waals surface area contributed by atoms with Crippen molar-refractivity contribution in [2.75, 3.05) is 26.2 Å². The Bertz CT molecular complexity index is 603. The van der Waals surface area contributed by atoms with E-state index < -0.39 is 0 Å². The summed E-state index contributed by atoms with van der Waals surface area (Å²) in [5, 5.41) is 6.85. The minimum atomic E-state index is 0. The van der Waals surface area contributed by atoms with Crippen LogP contribution >= 0.6 is 24.0 Å². The second-order valence-corrected chi connectivity index (χ2v) is 7.84. The fourth-order valence-corrected chi connectivity index (χ4v) is 3.34. The van der Waals surface area contributed by atoms with Gasteiger partial charge in [0.1, 0.15) is 0 Å². The van der Waals surface area contributed by atoms with Crippen molar-refractivity contribution in [1.29, 1.82) is 0 Å². The molecule has 1 atom stereocenters. The Hall–Kier alpha value is -1.31. The number of likely N-dealkylation sites (tertiary alicyclic amines) is 1. The summed E-state index contributed by atoms with van der Waals surface area (Å²) >= 11 is 0. The zero-order chi connectivity index (χ0) is 19.0. The van der Waals surface area contributed by atoms with E-state index in [1.165, 1.54) is 5.56 Å². The molecule has 2 N–H and O–H groups in total. The van der Waals surface area contributed by atoms with Gasteiger partial charge >= 0.3 is 0 Å². The Morgan fingerprint density at radius 3 is 2.59 bits per heavy atom. The van der Waals surface area contributed by atoms with E-state index in [4.69, 9.17) is 4.99 Å². The number of amides is 1. The molecule has 0 radical (unpaired) electrons. The van der Waals surface area contributed by atoms with Gasteiger partial charge in [-0.1, -0.05) is 51.1 Å². The average Bonchev–Trinajstić information content (AvgIpc) is 3.08. The van der Waals surface area contributed by atoms with Gasteiger partial charge in [-0.2, -0.15) is 0 Å². The van der Waals surface area contributed by atoms with Crippen molar-refractivity contribution in [3.05, 3.63) is 35.9 Å². The first-order valence-electron chi connectivity index (χ1n) is 9.80. The second-order valence-electron chi connectivity index (χ2n) is 7.84. The monoisotopic (exact) mass is 486 g/mol. The SMILES string of the molecule is CCNC(=NCC(C)(C)Cc1ccccc1)NC1CCN(C(=O)CC)C1.I. The van der Waals surface area contributed by atoms with Gasteiger partial charge < -0.3 is 15.5 Å². The summed E-state index contributed by atoms with van der Waals surface area (Å²) in [6, 6.07) is 10.9. The molecule has 1 fully saturated rings. The van der Waals surface area contributed by atoms with Crippen LogP contribution in [0.4, 0.5) is 0 Å². The van der Waals surface area contributed by atoms with Crippen LogP contribution in [0, 0.1) is 5.41 Å². The summed E-state index contributed by atoms with van der Waals surface area (Å²) in [5.41, 5.74) is 1.43. The molecular formula is C21H35IN4O. The fourth-order valence-electron chi connectivity index (χ4n) is 3.34. The predicted octanol–water partition coefficient (Wildman–Crippen LogP) is 3.44. The Balaban J connectivity index is 0.00000364. The summed E-state index contributed by atoms with van der Waals surface area (Å²) in [4.78, 5) is 18.6. The molecule has 5 nitrogen and oxygen atoms in total. The van der Waals surface area contributed by atoms with Gasteiger partial charge in [0.15, 0.2) is 5.96 Å². The summed E-state index contributed by atoms with van der Waals surface area (Å²) in [6.45, 7) is 11.7. The fraction of sp³-hybridized carbons (Fsp3) is 0.619. The molecule has 0 saturated carbocycles. The molecule has 6 heteroatoms. The summed E-state index contributed by atoms with van der Waals surface area (Å²) in [5.74, 6) is 1.09. The van der Waals surface area contributed by atoms with Crippen LogP contribution < -0.4 is 10.6 Å². The van der Waals surface area contributed by atoms with E-state index in [0.717, 1.165) is 45.0 Å². The van der Waals surface area contributed by atoms with Crippen molar-refractivity contribution in [1.82, 2.24) is 15.5 Å². The standard InChI is InChI=1S/C21H34N4O.HI/c1-5-19(26)25-13-12-18(15-25)24-20(22-6-2)23-16-21(3,4)14-17-10-8-7-9-11-17;/h7-11,18H,5-6,12-16H2,1-4H3,(H2,22,23,24);1H. The lowest BCUT2D eigenvalue weighted by Crippen LogP contribution is -2.45. The molecule has 1 aromatic carbocycles. The highest BCUT2D eigenvalue weighted by Gasteiger charge is 2.26. The molecule has 0 aromatic heterocycles. The van der Waals surface area contributed by atoms with Gasteiger partial charge in [0.05, 0.1) is 0 Å². The zero-order valence-corrected chi connectivity index (χ0v) is 19.5. The lowest BCUT2D eigenvalue weighted by molar-refractivity contribution is -0.129. The van der Waals surface area contributed by atoms with Gasteiger partial charge in [-0.05, 0) is 30.7 Å². The number of aliphatic imine (C=N–C) groups is 1. The van der Waals surface area contributed by atoms with Gasteiger partial charge in [0, 0.05) is 38.6 Å². The van der Waals surface area contributed by atoms with E-state index in [9.17, 15) is 4.79 Å². The largest absolute Gasteiger partial charge is 0.357 e. The molecule has 0 aliphatic carbocycles. The normalized spacial score (nSPS) is 17.4. The van der Waals surface area contributed by atoms with Crippen molar-refractivity contribution in [3.63, 3.8) is 0 Å². The van der Waals surface area contributed by atoms with Crippen molar-refractivity contribution < 1.29 is 4.79 Å². The summed E-state index contributed by atoms with van der Waals surface area (Å²) in [7, 11) is 0. The topological polar surface area (TPSA) is 56.7 Å². The molecule has 1 amide bonds. The number of halogens is 1. The van der Waals surface area contributed by atoms with E-state index in [0.29, 0.717) is 6.42 Å². The minimum Gasteiger partial charge on any atom is -0.357 e. The van der Waals surface area contributed by atoms with E-state index in [1.807, 2.05) is 11.8 Å². The van der Waals surface area contributed by atoms with Crippen LogP contribution in [0.25, 0.3) is 0 Å². The third-order valence-corrected chi connectivity index (χ3v) is 4.72. The van der Waals surface area contributed by atoms with Gasteiger partial charge in [-0.15, -0.1) is 24.0 Å². The molecule has 1 aromatic rings. The van der Waals surface area contributed by atoms with Crippen molar-refractivity contribution in [3.8, 4) is 0 Å². The summed E-state index contributed by atoms with van der Waals surface area (Å²) < 4.78 is 0. The number of rotatable bonds is 7. The van der Waals surface area contributed by atoms with E-state index in [-0.39, 0.29) is 41.3 Å². The molecular weight excluding hydrogens is 451 g/mol. The maximum atomic E-state index is 11.9. The number of nitrogens with zero attached hydrogens (tertiary/aromatic N) is 2. The molecule has 1 heterocycles. The van der Waals surface area contributed by atoms with Gasteiger partial charge in [-0.25, -0.2) is 0 Å². The van der Waals surface area contributed by atoms with Crippen LogP contribution in [-0.2, 0) is 11.2 Å². The highest BCUT2D eigenvalue weighted by molar-refractivity contribution is 14.0. The molecule has 2 rings (SSSR count). The molecule has 1 saturated heterocycles. The third kappa shape index (κ3) is 8.07. The Kier molecular flexibility index (Phi) is 10.1. The number of hydrogen-bond donors (Lipinski definition) is 2. The van der Waals surface area contributed by atoms with Crippen molar-refractivity contribution in [2.45, 2.75) is 53.0 Å². The van der Waals surface area contributed by atoms with Gasteiger partial charge in [0.25, 0.3) is 0 Å². The first kappa shape index (κ1) is 23.7. The average molecular weight is 486 g/mol. The van der Waals surface area contributed by atoms with Crippen molar-refractivity contribution >= 4 is 35.8 Å². The maximum absolute atomic E-state index is 11.9. The van der Waals surface area contributed by atoms with E-state index >= 15 is 0 Å². The van der Waals surface area contributed by atoms with E-state index in [1.54, 1.807) is 0 Å². The van der Waals surface area contributed by atoms with Crippen molar-refractivity contribution in [2.24, 2.45) is 10.4 Å². The lowest BCUT2D eigenvalue weighted by atomic mass is 9.86. The number of benzene rings is 1. The quantitative estimate of drug-likeness (QED) is 0.353. The summed E-state index contributed by atoms with van der Waals surface area (Å²) in [6.07, 6.45) is 2.55. The minimum absolute atomic E-state index is 0. The van der Waals surface area contributed by atoms with Crippen LogP contribution in [0.2, 0.25) is 0 Å². The molecule has 0 bridgehead atoms. The Labute approximate surface area is 181 Å². The van der Waals surface area contributed by atoms with Crippen LogP contribution in [0.15, 0.2) is 35.3 Å². The molecule has 27 heavy (non-hydrogen) atoms. The number of hydrogen-bond acceptors (Lipinski definition) is 2. The van der Waals surface area contributed by atoms with Crippen LogP contribution in [0.1, 0.15) is 46.1 Å². The highest BCUT2D eigenvalue weighted by Crippen LogP contribution is 2.22. The molecule has 1 aliphatic rings. The highest BCUT2D eigenvalue weighted by atomic mass is 127. The Morgan fingerprint density at radius 1 is 1.26 bits per heavy atom. The van der Waals surface area contributed by atoms with Crippen LogP contribution in [0.3, 0.4) is 0 Å².